The third-order valence-corrected chi connectivity index (χ3v) is 9.55. The van der Waals surface area contributed by atoms with Gasteiger partial charge < -0.3 is 14.6 Å². The van der Waals surface area contributed by atoms with Gasteiger partial charge in [-0.15, -0.1) is 0 Å². The van der Waals surface area contributed by atoms with E-state index in [4.69, 9.17) is 9.47 Å². The van der Waals surface area contributed by atoms with Gasteiger partial charge in [0.1, 0.15) is 6.61 Å². The van der Waals surface area contributed by atoms with Gasteiger partial charge in [-0.05, 0) is 96.3 Å². The molecular formula is C53H86O5. The molecule has 1 N–H and O–H groups in total. The first kappa shape index (κ1) is 54.6. The zero-order valence-corrected chi connectivity index (χ0v) is 37.3. The Hall–Kier alpha value is -3.44. The molecule has 0 aromatic carbocycles. The Kier molecular flexibility index (Phi) is 45.1. The fourth-order valence-electron chi connectivity index (χ4n) is 6.02. The standard InChI is InChI=1S/C53H86O5/c1-3-5-7-9-11-13-15-16-17-18-19-20-21-22-23-24-25-26-27-28-29-30-31-32-33-34-35-36-38-40-42-44-46-48-53(56)58-51(49-54)50-57-52(55)47-45-43-41-39-37-14-12-10-8-6-4-2/h5,7,10-13,16-17,19-20,22-23,25-26,28-29,31-32,51,54H,3-4,6,8-9,14-15,18,21,24,27,30,33-50H2,1-2H3/b7-5-,12-10-,13-11-,17-16-,20-19-,23-22-,26-25-,29-28-,32-31-. The Morgan fingerprint density at radius 3 is 1.14 bits per heavy atom. The van der Waals surface area contributed by atoms with Crippen molar-refractivity contribution in [2.45, 2.75) is 200 Å². The van der Waals surface area contributed by atoms with Gasteiger partial charge in [0, 0.05) is 12.8 Å². The highest BCUT2D eigenvalue weighted by Gasteiger charge is 2.16. The van der Waals surface area contributed by atoms with Gasteiger partial charge in [-0.25, -0.2) is 0 Å². The highest BCUT2D eigenvalue weighted by Crippen LogP contribution is 2.13. The van der Waals surface area contributed by atoms with Crippen molar-refractivity contribution in [1.29, 1.82) is 0 Å². The van der Waals surface area contributed by atoms with Crippen molar-refractivity contribution in [3.63, 3.8) is 0 Å². The van der Waals surface area contributed by atoms with Crippen LogP contribution in [-0.4, -0.2) is 36.4 Å². The molecule has 0 aromatic rings. The average Bonchev–Trinajstić information content (AvgIpc) is 3.23. The molecule has 0 amide bonds. The molecule has 0 heterocycles. The molecule has 0 radical (unpaired) electrons. The van der Waals surface area contributed by atoms with E-state index in [9.17, 15) is 14.7 Å². The number of hydrogen-bond acceptors (Lipinski definition) is 5. The summed E-state index contributed by atoms with van der Waals surface area (Å²) in [6.07, 6.45) is 68.9. The van der Waals surface area contributed by atoms with Crippen molar-refractivity contribution in [2.75, 3.05) is 13.2 Å². The SMILES string of the molecule is CC/C=C\C/C=C\C/C=C\C/C=C\C/C=C\C/C=C\C/C=C\C/C=C\CCCCCCCCCCC(=O)OC(CO)COC(=O)CCCCCCC/C=C\CCCC. The van der Waals surface area contributed by atoms with Crippen LogP contribution in [0, 0.1) is 0 Å². The fraction of sp³-hybridized carbons (Fsp3) is 0.623. The second kappa shape index (κ2) is 47.9. The summed E-state index contributed by atoms with van der Waals surface area (Å²) in [6, 6.07) is 0. The number of aliphatic hydroxyl groups excluding tert-OH is 1. The fourth-order valence-corrected chi connectivity index (χ4v) is 6.02. The molecule has 5 heteroatoms. The predicted octanol–water partition coefficient (Wildman–Crippen LogP) is 15.4. The summed E-state index contributed by atoms with van der Waals surface area (Å²) in [4.78, 5) is 24.3. The number of allylic oxidation sites excluding steroid dienone is 18. The Morgan fingerprint density at radius 1 is 0.414 bits per heavy atom. The zero-order chi connectivity index (χ0) is 42.1. The molecule has 0 aliphatic rings. The molecule has 0 saturated carbocycles. The van der Waals surface area contributed by atoms with E-state index in [2.05, 4.69) is 123 Å². The highest BCUT2D eigenvalue weighted by molar-refractivity contribution is 5.70. The maximum absolute atomic E-state index is 12.2. The second-order valence-electron chi connectivity index (χ2n) is 15.1. The van der Waals surface area contributed by atoms with E-state index in [-0.39, 0.29) is 25.2 Å². The number of rotatable bonds is 41. The number of esters is 2. The first-order valence-corrected chi connectivity index (χ1v) is 23.4. The van der Waals surface area contributed by atoms with Crippen molar-refractivity contribution in [1.82, 2.24) is 0 Å². The van der Waals surface area contributed by atoms with Gasteiger partial charge in [0.25, 0.3) is 0 Å². The molecule has 5 nitrogen and oxygen atoms in total. The number of ether oxygens (including phenoxy) is 2. The third kappa shape index (κ3) is 45.3. The van der Waals surface area contributed by atoms with Crippen molar-refractivity contribution in [2.24, 2.45) is 0 Å². The van der Waals surface area contributed by atoms with Crippen LogP contribution in [0.1, 0.15) is 194 Å². The van der Waals surface area contributed by atoms with E-state index in [1.165, 1.54) is 64.2 Å². The Bertz CT molecular complexity index is 1180. The van der Waals surface area contributed by atoms with E-state index in [1.54, 1.807) is 0 Å². The number of hydrogen-bond donors (Lipinski definition) is 1. The maximum Gasteiger partial charge on any atom is 0.306 e. The van der Waals surface area contributed by atoms with E-state index in [1.807, 2.05) is 0 Å². The van der Waals surface area contributed by atoms with Gasteiger partial charge in [0.15, 0.2) is 6.10 Å². The third-order valence-electron chi connectivity index (χ3n) is 9.55. The average molecular weight is 803 g/mol. The van der Waals surface area contributed by atoms with Crippen LogP contribution >= 0.6 is 0 Å². The Balaban J connectivity index is 3.61. The summed E-state index contributed by atoms with van der Waals surface area (Å²) in [5.41, 5.74) is 0. The number of unbranched alkanes of at least 4 members (excludes halogenated alkanes) is 15. The predicted molar refractivity (Wildman–Crippen MR) is 251 cm³/mol. The van der Waals surface area contributed by atoms with Crippen LogP contribution in [0.15, 0.2) is 109 Å². The van der Waals surface area contributed by atoms with E-state index in [0.29, 0.717) is 12.8 Å². The van der Waals surface area contributed by atoms with Gasteiger partial charge in [-0.3, -0.25) is 9.59 Å². The molecule has 0 rings (SSSR count). The highest BCUT2D eigenvalue weighted by atomic mass is 16.6. The molecule has 1 atom stereocenters. The Labute approximate surface area is 357 Å². The molecule has 0 saturated heterocycles. The van der Waals surface area contributed by atoms with E-state index in [0.717, 1.165) is 103 Å². The summed E-state index contributed by atoms with van der Waals surface area (Å²) in [5, 5.41) is 9.57. The topological polar surface area (TPSA) is 72.8 Å². The van der Waals surface area contributed by atoms with Crippen molar-refractivity contribution >= 4 is 11.9 Å². The zero-order valence-electron chi connectivity index (χ0n) is 37.3. The first-order chi connectivity index (χ1) is 28.6. The lowest BCUT2D eigenvalue weighted by Gasteiger charge is -2.15. The van der Waals surface area contributed by atoms with Crippen LogP contribution in [0.5, 0.6) is 0 Å². The lowest BCUT2D eigenvalue weighted by molar-refractivity contribution is -0.161. The van der Waals surface area contributed by atoms with Gasteiger partial charge in [0.05, 0.1) is 6.61 Å². The minimum absolute atomic E-state index is 0.0794. The quantitative estimate of drug-likeness (QED) is 0.0379. The number of carbonyl (C=O) groups excluding carboxylic acids is 2. The summed E-state index contributed by atoms with van der Waals surface area (Å²) in [5.74, 6) is -0.620. The van der Waals surface area contributed by atoms with Gasteiger partial charge in [-0.2, -0.15) is 0 Å². The maximum atomic E-state index is 12.2. The van der Waals surface area contributed by atoms with Crippen LogP contribution in [0.25, 0.3) is 0 Å². The molecule has 1 unspecified atom stereocenters. The molecule has 0 aliphatic heterocycles. The van der Waals surface area contributed by atoms with Crippen molar-refractivity contribution < 1.29 is 24.2 Å². The van der Waals surface area contributed by atoms with Crippen molar-refractivity contribution in [3.8, 4) is 0 Å². The summed E-state index contributed by atoms with van der Waals surface area (Å²) < 4.78 is 10.6. The number of carbonyl (C=O) groups is 2. The summed E-state index contributed by atoms with van der Waals surface area (Å²) in [6.45, 7) is 3.95. The molecule has 58 heavy (non-hydrogen) atoms. The number of aliphatic hydroxyl groups is 1. The van der Waals surface area contributed by atoms with Crippen LogP contribution in [-0.2, 0) is 19.1 Å². The van der Waals surface area contributed by atoms with E-state index < -0.39 is 6.10 Å². The molecule has 328 valence electrons. The van der Waals surface area contributed by atoms with Gasteiger partial charge in [0.2, 0.25) is 0 Å². The smallest absolute Gasteiger partial charge is 0.306 e. The minimum Gasteiger partial charge on any atom is -0.462 e. The van der Waals surface area contributed by atoms with Crippen molar-refractivity contribution in [3.05, 3.63) is 109 Å². The monoisotopic (exact) mass is 803 g/mol. The molecule has 0 spiro atoms. The second-order valence-corrected chi connectivity index (χ2v) is 15.1. The van der Waals surface area contributed by atoms with Gasteiger partial charge >= 0.3 is 11.9 Å². The van der Waals surface area contributed by atoms with E-state index >= 15 is 0 Å². The lowest BCUT2D eigenvalue weighted by atomic mass is 10.1. The molecule has 0 bridgehead atoms. The Morgan fingerprint density at radius 2 is 0.741 bits per heavy atom. The normalized spacial score (nSPS) is 13.2. The first-order valence-electron chi connectivity index (χ1n) is 23.4. The lowest BCUT2D eigenvalue weighted by Crippen LogP contribution is -2.28. The molecule has 0 aliphatic carbocycles. The molecule has 0 fully saturated rings. The van der Waals surface area contributed by atoms with Crippen LogP contribution in [0.4, 0.5) is 0 Å². The minimum atomic E-state index is -0.785. The van der Waals surface area contributed by atoms with Crippen LogP contribution in [0.3, 0.4) is 0 Å². The van der Waals surface area contributed by atoms with Gasteiger partial charge in [-0.1, -0.05) is 194 Å². The summed E-state index contributed by atoms with van der Waals surface area (Å²) >= 11 is 0. The van der Waals surface area contributed by atoms with Crippen LogP contribution in [0.2, 0.25) is 0 Å². The molecular weight excluding hydrogens is 717 g/mol. The molecule has 0 aromatic heterocycles. The largest absolute Gasteiger partial charge is 0.462 e. The van der Waals surface area contributed by atoms with Crippen LogP contribution < -0.4 is 0 Å². The summed E-state index contributed by atoms with van der Waals surface area (Å²) in [7, 11) is 0.